The second-order valence-corrected chi connectivity index (χ2v) is 7.57. The minimum absolute atomic E-state index is 0.0563. The van der Waals surface area contributed by atoms with Crippen molar-refractivity contribution in [1.29, 1.82) is 5.26 Å². The summed E-state index contributed by atoms with van der Waals surface area (Å²) in [6.45, 7) is 5.33. The van der Waals surface area contributed by atoms with Gasteiger partial charge in [-0.15, -0.1) is 0 Å². The quantitative estimate of drug-likeness (QED) is 0.150. The average Bonchev–Trinajstić information content (AvgIpc) is 3.12. The second-order valence-electron chi connectivity index (χ2n) is 7.57. The number of aryl methyl sites for hydroxylation is 1. The Morgan fingerprint density at radius 3 is 2.41 bits per heavy atom. The van der Waals surface area contributed by atoms with Crippen LogP contribution in [0.4, 0.5) is 0 Å². The molecule has 7 heteroatoms. The van der Waals surface area contributed by atoms with E-state index in [0.29, 0.717) is 11.3 Å². The van der Waals surface area contributed by atoms with Gasteiger partial charge in [0.15, 0.2) is 5.78 Å². The molecule has 0 saturated heterocycles. The maximum Gasteiger partial charge on any atom is 0.349 e. The Bertz CT molecular complexity index is 1260. The summed E-state index contributed by atoms with van der Waals surface area (Å²) in [6.07, 6.45) is 1.52. The Balaban J connectivity index is 1.68. The van der Waals surface area contributed by atoms with Gasteiger partial charge in [-0.25, -0.2) is 4.79 Å². The van der Waals surface area contributed by atoms with Gasteiger partial charge in [0.2, 0.25) is 0 Å². The number of hydrogen-bond acceptors (Lipinski definition) is 6. The molecule has 3 rings (SSSR count). The van der Waals surface area contributed by atoms with Crippen LogP contribution < -0.4 is 9.47 Å². The molecule has 3 aromatic rings. The number of aromatic nitrogens is 1. The highest BCUT2D eigenvalue weighted by molar-refractivity contribution is 5.98. The first kappa shape index (κ1) is 24.3. The SMILES string of the molecule is COc1ccc(-n2c(C)cc(/C=C(\C#N)C(=O)OCCOc3ccccc3C(C)=O)c2C)cc1. The standard InChI is InChI=1S/C27H26N2O5/c1-18-15-21(19(2)29(18)23-9-11-24(32-4)12-10-23)16-22(17-28)27(31)34-14-13-33-26-8-6-5-7-25(26)20(3)30/h5-12,15-16H,13-14H2,1-4H3/b22-16+. The zero-order chi connectivity index (χ0) is 24.7. The number of nitrogens with zero attached hydrogens (tertiary/aromatic N) is 2. The van der Waals surface area contributed by atoms with Gasteiger partial charge in [-0.2, -0.15) is 5.26 Å². The second kappa shape index (κ2) is 11.0. The number of benzene rings is 2. The lowest BCUT2D eigenvalue weighted by Crippen LogP contribution is -2.14. The lowest BCUT2D eigenvalue weighted by atomic mass is 10.1. The number of ether oxygens (including phenoxy) is 3. The van der Waals surface area contributed by atoms with Gasteiger partial charge in [0, 0.05) is 17.1 Å². The van der Waals surface area contributed by atoms with Gasteiger partial charge < -0.3 is 18.8 Å². The Hall–Kier alpha value is -4.31. The third-order valence-electron chi connectivity index (χ3n) is 5.28. The van der Waals surface area contributed by atoms with Crippen molar-refractivity contribution in [3.63, 3.8) is 0 Å². The normalized spacial score (nSPS) is 11.0. The third-order valence-corrected chi connectivity index (χ3v) is 5.28. The summed E-state index contributed by atoms with van der Waals surface area (Å²) < 4.78 is 18.0. The van der Waals surface area contributed by atoms with E-state index in [-0.39, 0.29) is 24.6 Å². The number of para-hydroxylation sites is 1. The Morgan fingerprint density at radius 2 is 1.76 bits per heavy atom. The van der Waals surface area contributed by atoms with E-state index in [1.807, 2.05) is 54.8 Å². The topological polar surface area (TPSA) is 90.6 Å². The summed E-state index contributed by atoms with van der Waals surface area (Å²) in [4.78, 5) is 24.1. The number of hydrogen-bond donors (Lipinski definition) is 0. The highest BCUT2D eigenvalue weighted by Crippen LogP contribution is 2.24. The first-order valence-corrected chi connectivity index (χ1v) is 10.7. The molecule has 0 amide bonds. The van der Waals surface area contributed by atoms with Crippen LogP contribution >= 0.6 is 0 Å². The van der Waals surface area contributed by atoms with Gasteiger partial charge in [0.1, 0.15) is 36.4 Å². The van der Waals surface area contributed by atoms with E-state index in [1.54, 1.807) is 31.4 Å². The third kappa shape index (κ3) is 5.54. The summed E-state index contributed by atoms with van der Waals surface area (Å²) >= 11 is 0. The number of rotatable bonds is 9. The zero-order valence-corrected chi connectivity index (χ0v) is 19.6. The van der Waals surface area contributed by atoms with E-state index in [2.05, 4.69) is 0 Å². The van der Waals surface area contributed by atoms with Crippen LogP contribution in [-0.2, 0) is 9.53 Å². The van der Waals surface area contributed by atoms with Crippen LogP contribution in [0.3, 0.4) is 0 Å². The monoisotopic (exact) mass is 458 g/mol. The van der Waals surface area contributed by atoms with Crippen molar-refractivity contribution in [3.8, 4) is 23.3 Å². The van der Waals surface area contributed by atoms with Crippen LogP contribution in [0, 0.1) is 25.2 Å². The highest BCUT2D eigenvalue weighted by atomic mass is 16.6. The fraction of sp³-hybridized carbons (Fsp3) is 0.222. The molecular formula is C27H26N2O5. The van der Waals surface area contributed by atoms with E-state index in [1.165, 1.54) is 13.0 Å². The van der Waals surface area contributed by atoms with Crippen LogP contribution in [0.5, 0.6) is 11.5 Å². The van der Waals surface area contributed by atoms with Crippen molar-refractivity contribution in [2.45, 2.75) is 20.8 Å². The summed E-state index contributed by atoms with van der Waals surface area (Å²) in [5.41, 5.74) is 3.87. The van der Waals surface area contributed by atoms with Crippen molar-refractivity contribution < 1.29 is 23.8 Å². The first-order chi connectivity index (χ1) is 16.3. The molecule has 0 unspecified atom stereocenters. The number of nitriles is 1. The first-order valence-electron chi connectivity index (χ1n) is 10.7. The summed E-state index contributed by atoms with van der Waals surface area (Å²) in [5, 5.41) is 9.52. The Labute approximate surface area is 198 Å². The van der Waals surface area contributed by atoms with E-state index < -0.39 is 5.97 Å². The average molecular weight is 459 g/mol. The molecule has 0 N–H and O–H groups in total. The predicted molar refractivity (Wildman–Crippen MR) is 128 cm³/mol. The maximum atomic E-state index is 12.5. The number of Topliss-reactive ketones (excluding diaryl/α,β-unsaturated/α-hetero) is 1. The van der Waals surface area contributed by atoms with Crippen molar-refractivity contribution in [3.05, 3.63) is 82.7 Å². The molecule has 0 radical (unpaired) electrons. The molecule has 174 valence electrons. The van der Waals surface area contributed by atoms with Gasteiger partial charge >= 0.3 is 5.97 Å². The van der Waals surface area contributed by atoms with Crippen molar-refractivity contribution in [2.24, 2.45) is 0 Å². The highest BCUT2D eigenvalue weighted by Gasteiger charge is 2.15. The van der Waals surface area contributed by atoms with Crippen LogP contribution in [0.25, 0.3) is 11.8 Å². The molecule has 1 aromatic heterocycles. The fourth-order valence-corrected chi connectivity index (χ4v) is 3.60. The molecule has 0 fully saturated rings. The maximum absolute atomic E-state index is 12.5. The number of esters is 1. The molecule has 0 aliphatic rings. The minimum atomic E-state index is -0.736. The lowest BCUT2D eigenvalue weighted by molar-refractivity contribution is -0.139. The number of methoxy groups -OCH3 is 1. The van der Waals surface area contributed by atoms with Crippen LogP contribution in [0.15, 0.2) is 60.2 Å². The van der Waals surface area contributed by atoms with Crippen LogP contribution in [0.2, 0.25) is 0 Å². The Kier molecular flexibility index (Phi) is 7.88. The van der Waals surface area contributed by atoms with E-state index in [9.17, 15) is 14.9 Å². The van der Waals surface area contributed by atoms with Crippen molar-refractivity contribution in [2.75, 3.05) is 20.3 Å². The van der Waals surface area contributed by atoms with Gasteiger partial charge in [-0.05, 0) is 74.9 Å². The molecule has 34 heavy (non-hydrogen) atoms. The number of carbonyl (C=O) groups is 2. The molecule has 7 nitrogen and oxygen atoms in total. The molecule has 1 heterocycles. The molecule has 0 spiro atoms. The van der Waals surface area contributed by atoms with E-state index >= 15 is 0 Å². The smallest absolute Gasteiger partial charge is 0.349 e. The molecule has 2 aromatic carbocycles. The molecule has 0 bridgehead atoms. The van der Waals surface area contributed by atoms with Crippen LogP contribution in [0.1, 0.15) is 34.2 Å². The Morgan fingerprint density at radius 1 is 1.06 bits per heavy atom. The van der Waals surface area contributed by atoms with Gasteiger partial charge in [0.25, 0.3) is 0 Å². The van der Waals surface area contributed by atoms with Gasteiger partial charge in [0.05, 0.1) is 12.7 Å². The molecule has 0 aliphatic heterocycles. The summed E-state index contributed by atoms with van der Waals surface area (Å²) in [5.74, 6) is 0.331. The molecule has 0 atom stereocenters. The predicted octanol–water partition coefficient (Wildman–Crippen LogP) is 4.83. The summed E-state index contributed by atoms with van der Waals surface area (Å²) in [6, 6.07) is 18.3. The zero-order valence-electron chi connectivity index (χ0n) is 19.6. The van der Waals surface area contributed by atoms with Gasteiger partial charge in [-0.1, -0.05) is 12.1 Å². The van der Waals surface area contributed by atoms with E-state index in [4.69, 9.17) is 14.2 Å². The lowest BCUT2D eigenvalue weighted by Gasteiger charge is -2.10. The largest absolute Gasteiger partial charge is 0.497 e. The number of ketones is 1. The molecular weight excluding hydrogens is 432 g/mol. The molecule has 0 saturated carbocycles. The van der Waals surface area contributed by atoms with Gasteiger partial charge in [-0.3, -0.25) is 4.79 Å². The summed E-state index contributed by atoms with van der Waals surface area (Å²) in [7, 11) is 1.61. The van der Waals surface area contributed by atoms with Crippen molar-refractivity contribution >= 4 is 17.8 Å². The van der Waals surface area contributed by atoms with E-state index in [0.717, 1.165) is 28.4 Å². The number of carbonyl (C=O) groups excluding carboxylic acids is 2. The fourth-order valence-electron chi connectivity index (χ4n) is 3.60. The van der Waals surface area contributed by atoms with Crippen LogP contribution in [-0.4, -0.2) is 36.6 Å². The minimum Gasteiger partial charge on any atom is -0.497 e. The molecule has 0 aliphatic carbocycles. The van der Waals surface area contributed by atoms with Crippen molar-refractivity contribution in [1.82, 2.24) is 4.57 Å².